The lowest BCUT2D eigenvalue weighted by molar-refractivity contribution is 0.122. The Morgan fingerprint density at radius 1 is 0.571 bits per heavy atom. The van der Waals surface area contributed by atoms with Crippen LogP contribution in [0.5, 0.6) is 0 Å². The fourth-order valence-corrected chi connectivity index (χ4v) is 2.67. The van der Waals surface area contributed by atoms with Gasteiger partial charge in [0.05, 0.1) is 12.2 Å². The van der Waals surface area contributed by atoms with Gasteiger partial charge in [0.25, 0.3) is 0 Å². The van der Waals surface area contributed by atoms with Crippen LogP contribution in [0.1, 0.15) is 96.8 Å². The molecule has 0 aliphatic heterocycles. The molecule has 0 spiro atoms. The van der Waals surface area contributed by atoms with Crippen LogP contribution in [0.25, 0.3) is 0 Å². The van der Waals surface area contributed by atoms with Gasteiger partial charge in [-0.2, -0.15) is 0 Å². The van der Waals surface area contributed by atoms with E-state index in [1.165, 1.54) is 57.8 Å². The molecular formula is C18H38O3. The highest BCUT2D eigenvalue weighted by Gasteiger charge is 2.02. The Morgan fingerprint density at radius 3 is 1.33 bits per heavy atom. The van der Waals surface area contributed by atoms with Gasteiger partial charge < -0.3 is 15.3 Å². The van der Waals surface area contributed by atoms with Crippen LogP contribution >= 0.6 is 0 Å². The molecule has 0 bridgehead atoms. The predicted octanol–water partition coefficient (Wildman–Crippen LogP) is 4.18. The summed E-state index contributed by atoms with van der Waals surface area (Å²) in [4.78, 5) is 0. The number of hydrogen-bond donors (Lipinski definition) is 3. The number of unbranched alkanes of at least 4 members (excludes halogenated alkanes) is 9. The molecule has 0 saturated carbocycles. The van der Waals surface area contributed by atoms with Gasteiger partial charge in [0.15, 0.2) is 0 Å². The van der Waals surface area contributed by atoms with Gasteiger partial charge in [0, 0.05) is 6.61 Å². The molecule has 0 saturated heterocycles. The molecule has 3 heteroatoms. The van der Waals surface area contributed by atoms with Crippen LogP contribution in [-0.4, -0.2) is 34.1 Å². The van der Waals surface area contributed by atoms with Crippen molar-refractivity contribution in [1.82, 2.24) is 0 Å². The van der Waals surface area contributed by atoms with E-state index in [9.17, 15) is 10.2 Å². The van der Waals surface area contributed by atoms with Crippen molar-refractivity contribution < 1.29 is 15.3 Å². The van der Waals surface area contributed by atoms with Gasteiger partial charge in [-0.1, -0.05) is 71.1 Å². The van der Waals surface area contributed by atoms with Crippen LogP contribution in [0, 0.1) is 0 Å². The zero-order valence-corrected chi connectivity index (χ0v) is 14.1. The fourth-order valence-electron chi connectivity index (χ4n) is 2.67. The third-order valence-electron chi connectivity index (χ3n) is 4.26. The van der Waals surface area contributed by atoms with Gasteiger partial charge in [0.1, 0.15) is 0 Å². The molecule has 0 fully saturated rings. The SMILES string of the molecule is CCC(O)CCCCCCCCCCCCC(O)CCO. The molecular weight excluding hydrogens is 264 g/mol. The first-order valence-electron chi connectivity index (χ1n) is 9.17. The van der Waals surface area contributed by atoms with E-state index < -0.39 is 0 Å². The maximum Gasteiger partial charge on any atom is 0.0562 e. The van der Waals surface area contributed by atoms with E-state index >= 15 is 0 Å². The lowest BCUT2D eigenvalue weighted by atomic mass is 10.0. The average molecular weight is 302 g/mol. The van der Waals surface area contributed by atoms with Crippen molar-refractivity contribution in [2.24, 2.45) is 0 Å². The number of aliphatic hydroxyl groups is 3. The molecule has 0 amide bonds. The molecule has 2 unspecified atom stereocenters. The smallest absolute Gasteiger partial charge is 0.0562 e. The van der Waals surface area contributed by atoms with Gasteiger partial charge in [-0.3, -0.25) is 0 Å². The summed E-state index contributed by atoms with van der Waals surface area (Å²) < 4.78 is 0. The van der Waals surface area contributed by atoms with Crippen molar-refractivity contribution >= 4 is 0 Å². The monoisotopic (exact) mass is 302 g/mol. The Bertz CT molecular complexity index is 197. The van der Waals surface area contributed by atoms with E-state index in [0.29, 0.717) is 6.42 Å². The Labute approximate surface area is 131 Å². The minimum atomic E-state index is -0.304. The lowest BCUT2D eigenvalue weighted by Gasteiger charge is -2.08. The molecule has 0 heterocycles. The summed E-state index contributed by atoms with van der Waals surface area (Å²) in [7, 11) is 0. The van der Waals surface area contributed by atoms with Crippen molar-refractivity contribution in [3.05, 3.63) is 0 Å². The normalized spacial score (nSPS) is 14.3. The maximum absolute atomic E-state index is 9.47. The maximum atomic E-state index is 9.47. The summed E-state index contributed by atoms with van der Waals surface area (Å²) in [5.41, 5.74) is 0. The second-order valence-corrected chi connectivity index (χ2v) is 6.34. The predicted molar refractivity (Wildman–Crippen MR) is 89.4 cm³/mol. The molecule has 21 heavy (non-hydrogen) atoms. The minimum Gasteiger partial charge on any atom is -0.396 e. The largest absolute Gasteiger partial charge is 0.396 e. The molecule has 3 N–H and O–H groups in total. The molecule has 0 radical (unpaired) electrons. The Balaban J connectivity index is 3.06. The van der Waals surface area contributed by atoms with Crippen LogP contribution < -0.4 is 0 Å². The highest BCUT2D eigenvalue weighted by molar-refractivity contribution is 4.56. The summed E-state index contributed by atoms with van der Waals surface area (Å²) in [6.45, 7) is 2.14. The standard InChI is InChI=1S/C18H38O3/c1-2-17(20)13-11-9-7-5-3-4-6-8-10-12-14-18(21)15-16-19/h17-21H,2-16H2,1H3. The quantitative estimate of drug-likeness (QED) is 0.375. The zero-order chi connectivity index (χ0) is 15.8. The highest BCUT2D eigenvalue weighted by Crippen LogP contribution is 2.13. The van der Waals surface area contributed by atoms with Gasteiger partial charge in [-0.05, 0) is 25.7 Å². The number of aliphatic hydroxyl groups excluding tert-OH is 3. The van der Waals surface area contributed by atoms with E-state index in [1.54, 1.807) is 0 Å². The van der Waals surface area contributed by atoms with Crippen molar-refractivity contribution in [2.75, 3.05) is 6.61 Å². The van der Waals surface area contributed by atoms with Crippen molar-refractivity contribution in [1.29, 1.82) is 0 Å². The summed E-state index contributed by atoms with van der Waals surface area (Å²) in [5, 5.41) is 27.6. The third kappa shape index (κ3) is 16.1. The molecule has 0 aliphatic carbocycles. The second kappa shape index (κ2) is 16.3. The first-order chi connectivity index (χ1) is 10.2. The molecule has 0 aromatic heterocycles. The summed E-state index contributed by atoms with van der Waals surface area (Å²) >= 11 is 0. The van der Waals surface area contributed by atoms with Gasteiger partial charge in [-0.25, -0.2) is 0 Å². The first kappa shape index (κ1) is 20.9. The van der Waals surface area contributed by atoms with Crippen molar-refractivity contribution in [2.45, 2.75) is 109 Å². The average Bonchev–Trinajstić information content (AvgIpc) is 2.48. The van der Waals surface area contributed by atoms with E-state index in [1.807, 2.05) is 6.92 Å². The topological polar surface area (TPSA) is 60.7 Å². The van der Waals surface area contributed by atoms with E-state index in [2.05, 4.69) is 0 Å². The summed E-state index contributed by atoms with van der Waals surface area (Å²) in [5.74, 6) is 0. The fraction of sp³-hybridized carbons (Fsp3) is 1.00. The lowest BCUT2D eigenvalue weighted by Crippen LogP contribution is -2.08. The molecule has 0 aliphatic rings. The minimum absolute atomic E-state index is 0.0825. The number of hydrogen-bond acceptors (Lipinski definition) is 3. The molecule has 3 nitrogen and oxygen atoms in total. The van der Waals surface area contributed by atoms with Crippen LogP contribution in [0.4, 0.5) is 0 Å². The van der Waals surface area contributed by atoms with Crippen LogP contribution in [-0.2, 0) is 0 Å². The molecule has 0 rings (SSSR count). The Morgan fingerprint density at radius 2 is 0.952 bits per heavy atom. The van der Waals surface area contributed by atoms with Gasteiger partial charge >= 0.3 is 0 Å². The molecule has 0 aromatic rings. The van der Waals surface area contributed by atoms with Gasteiger partial charge in [0.2, 0.25) is 0 Å². The van der Waals surface area contributed by atoms with Crippen LogP contribution in [0.15, 0.2) is 0 Å². The Hall–Kier alpha value is -0.120. The molecule has 128 valence electrons. The summed E-state index contributed by atoms with van der Waals surface area (Å²) in [6, 6.07) is 0. The van der Waals surface area contributed by atoms with E-state index in [4.69, 9.17) is 5.11 Å². The van der Waals surface area contributed by atoms with E-state index in [-0.39, 0.29) is 18.8 Å². The summed E-state index contributed by atoms with van der Waals surface area (Å²) in [6.07, 6.45) is 15.4. The Kier molecular flexibility index (Phi) is 16.2. The van der Waals surface area contributed by atoms with E-state index in [0.717, 1.165) is 25.7 Å². The van der Waals surface area contributed by atoms with Gasteiger partial charge in [-0.15, -0.1) is 0 Å². The number of rotatable bonds is 16. The second-order valence-electron chi connectivity index (χ2n) is 6.34. The first-order valence-corrected chi connectivity index (χ1v) is 9.17. The van der Waals surface area contributed by atoms with Crippen LogP contribution in [0.3, 0.4) is 0 Å². The molecule has 0 aromatic carbocycles. The molecule has 2 atom stereocenters. The highest BCUT2D eigenvalue weighted by atomic mass is 16.3. The van der Waals surface area contributed by atoms with Crippen molar-refractivity contribution in [3.63, 3.8) is 0 Å². The van der Waals surface area contributed by atoms with Crippen molar-refractivity contribution in [3.8, 4) is 0 Å². The van der Waals surface area contributed by atoms with Crippen LogP contribution in [0.2, 0.25) is 0 Å². The zero-order valence-electron chi connectivity index (χ0n) is 14.1. The third-order valence-corrected chi connectivity index (χ3v) is 4.26.